The maximum atomic E-state index is 6.02. The van der Waals surface area contributed by atoms with Crippen molar-refractivity contribution < 1.29 is 4.74 Å². The van der Waals surface area contributed by atoms with Gasteiger partial charge >= 0.3 is 6.01 Å². The van der Waals surface area contributed by atoms with Gasteiger partial charge in [0.15, 0.2) is 0 Å². The third-order valence-electron chi connectivity index (χ3n) is 2.23. The van der Waals surface area contributed by atoms with Crippen molar-refractivity contribution >= 4 is 11.6 Å². The van der Waals surface area contributed by atoms with Gasteiger partial charge in [-0.2, -0.15) is 0 Å². The minimum Gasteiger partial charge on any atom is -0.425 e. The lowest BCUT2D eigenvalue weighted by molar-refractivity contribution is 0.425. The maximum Gasteiger partial charge on any atom is 0.301 e. The average molecular weight is 238 g/mol. The van der Waals surface area contributed by atoms with Crippen LogP contribution in [-0.4, -0.2) is 9.55 Å². The highest BCUT2D eigenvalue weighted by molar-refractivity contribution is 6.31. The summed E-state index contributed by atoms with van der Waals surface area (Å²) in [6.45, 7) is 0.418. The fraction of sp³-hybridized carbons (Fsp3) is 0.182. The van der Waals surface area contributed by atoms with Crippen LogP contribution in [0.4, 0.5) is 0 Å². The molecule has 0 radical (unpaired) electrons. The average Bonchev–Trinajstić information content (AvgIpc) is 2.65. The second-order valence-electron chi connectivity index (χ2n) is 3.38. The third-order valence-corrected chi connectivity index (χ3v) is 2.58. The summed E-state index contributed by atoms with van der Waals surface area (Å²) >= 11 is 6.02. The molecule has 84 valence electrons. The van der Waals surface area contributed by atoms with E-state index in [1.54, 1.807) is 16.8 Å². The van der Waals surface area contributed by atoms with Gasteiger partial charge in [-0.25, -0.2) is 4.98 Å². The minimum atomic E-state index is 0.418. The first kappa shape index (κ1) is 11.0. The fourth-order valence-corrected chi connectivity index (χ4v) is 1.56. The largest absolute Gasteiger partial charge is 0.425 e. The molecule has 5 heteroatoms. The number of imidazole rings is 1. The molecule has 1 aromatic carbocycles. The standard InChI is InChI=1S/C11H12ClN3O/c1-15-5-4-14-11(15)16-9-3-2-8(7-13)10(12)6-9/h2-6H,7,13H2,1H3. The molecule has 0 spiro atoms. The van der Waals surface area contributed by atoms with E-state index in [2.05, 4.69) is 4.98 Å². The molecule has 4 nitrogen and oxygen atoms in total. The van der Waals surface area contributed by atoms with Gasteiger partial charge in [0.1, 0.15) is 5.75 Å². The Morgan fingerprint density at radius 2 is 2.31 bits per heavy atom. The van der Waals surface area contributed by atoms with E-state index in [0.29, 0.717) is 23.3 Å². The normalized spacial score (nSPS) is 10.4. The maximum absolute atomic E-state index is 6.02. The monoisotopic (exact) mass is 237 g/mol. The number of benzene rings is 1. The van der Waals surface area contributed by atoms with E-state index >= 15 is 0 Å². The topological polar surface area (TPSA) is 53.1 Å². The van der Waals surface area contributed by atoms with Gasteiger partial charge in [-0.05, 0) is 17.7 Å². The first-order valence-electron chi connectivity index (χ1n) is 4.84. The van der Waals surface area contributed by atoms with Crippen LogP contribution in [0.3, 0.4) is 0 Å². The Morgan fingerprint density at radius 3 is 2.88 bits per heavy atom. The van der Waals surface area contributed by atoms with Crippen LogP contribution in [0.15, 0.2) is 30.6 Å². The Morgan fingerprint density at radius 1 is 1.50 bits per heavy atom. The molecule has 1 aromatic heterocycles. The van der Waals surface area contributed by atoms with Crippen molar-refractivity contribution in [2.75, 3.05) is 0 Å². The van der Waals surface area contributed by atoms with Gasteiger partial charge in [0.2, 0.25) is 0 Å². The summed E-state index contributed by atoms with van der Waals surface area (Å²) in [6, 6.07) is 5.93. The van der Waals surface area contributed by atoms with E-state index in [-0.39, 0.29) is 0 Å². The van der Waals surface area contributed by atoms with E-state index in [0.717, 1.165) is 5.56 Å². The van der Waals surface area contributed by atoms with Gasteiger partial charge in [-0.3, -0.25) is 0 Å². The molecule has 0 saturated heterocycles. The predicted molar refractivity (Wildman–Crippen MR) is 62.6 cm³/mol. The van der Waals surface area contributed by atoms with Gasteiger partial charge in [0, 0.05) is 31.0 Å². The Hall–Kier alpha value is -1.52. The number of halogens is 1. The van der Waals surface area contributed by atoms with Crippen LogP contribution in [0.1, 0.15) is 5.56 Å². The summed E-state index contributed by atoms with van der Waals surface area (Å²) in [5.41, 5.74) is 6.42. The van der Waals surface area contributed by atoms with Gasteiger partial charge in [-0.15, -0.1) is 0 Å². The van der Waals surface area contributed by atoms with Gasteiger partial charge < -0.3 is 15.0 Å². The highest BCUT2D eigenvalue weighted by atomic mass is 35.5. The summed E-state index contributed by atoms with van der Waals surface area (Å²) in [4.78, 5) is 4.06. The number of hydrogen-bond donors (Lipinski definition) is 1. The predicted octanol–water partition coefficient (Wildman–Crippen LogP) is 2.32. The molecule has 1 heterocycles. The van der Waals surface area contributed by atoms with Crippen LogP contribution in [0.25, 0.3) is 0 Å². The Bertz CT molecular complexity index is 496. The molecule has 0 atom stereocenters. The van der Waals surface area contributed by atoms with Crippen LogP contribution in [0.2, 0.25) is 5.02 Å². The molecule has 2 rings (SSSR count). The van der Waals surface area contributed by atoms with E-state index in [9.17, 15) is 0 Å². The number of nitrogens with zero attached hydrogens (tertiary/aromatic N) is 2. The Kier molecular flexibility index (Phi) is 3.12. The van der Waals surface area contributed by atoms with Crippen molar-refractivity contribution in [2.24, 2.45) is 12.8 Å². The number of nitrogens with two attached hydrogens (primary N) is 1. The first-order valence-corrected chi connectivity index (χ1v) is 5.22. The zero-order valence-corrected chi connectivity index (χ0v) is 9.61. The fourth-order valence-electron chi connectivity index (χ4n) is 1.31. The molecule has 0 saturated carbocycles. The van der Waals surface area contributed by atoms with Gasteiger partial charge in [-0.1, -0.05) is 17.7 Å². The van der Waals surface area contributed by atoms with Crippen molar-refractivity contribution in [3.05, 3.63) is 41.2 Å². The lowest BCUT2D eigenvalue weighted by Gasteiger charge is -2.07. The number of aromatic nitrogens is 2. The van der Waals surface area contributed by atoms with Gasteiger partial charge in [0.25, 0.3) is 0 Å². The Labute approximate surface area is 98.6 Å². The second-order valence-corrected chi connectivity index (χ2v) is 3.79. The molecule has 2 N–H and O–H groups in total. The highest BCUT2D eigenvalue weighted by Crippen LogP contribution is 2.25. The smallest absolute Gasteiger partial charge is 0.301 e. The summed E-state index contributed by atoms with van der Waals surface area (Å²) in [5, 5.41) is 0.606. The number of hydrogen-bond acceptors (Lipinski definition) is 3. The molecule has 0 aliphatic rings. The second kappa shape index (κ2) is 4.55. The molecule has 0 aliphatic carbocycles. The molecule has 0 amide bonds. The molecule has 0 bridgehead atoms. The lowest BCUT2D eigenvalue weighted by Crippen LogP contribution is -1.98. The van der Waals surface area contributed by atoms with Crippen LogP contribution in [0.5, 0.6) is 11.8 Å². The lowest BCUT2D eigenvalue weighted by atomic mass is 10.2. The molecule has 2 aromatic rings. The van der Waals surface area contributed by atoms with Crippen molar-refractivity contribution in [2.45, 2.75) is 6.54 Å². The molecule has 16 heavy (non-hydrogen) atoms. The van der Waals surface area contributed by atoms with E-state index < -0.39 is 0 Å². The molecular formula is C11H12ClN3O. The number of ether oxygens (including phenoxy) is 1. The summed E-state index contributed by atoms with van der Waals surface area (Å²) in [6.07, 6.45) is 3.48. The third kappa shape index (κ3) is 2.18. The van der Waals surface area contributed by atoms with Crippen LogP contribution < -0.4 is 10.5 Å². The van der Waals surface area contributed by atoms with Crippen molar-refractivity contribution in [3.63, 3.8) is 0 Å². The summed E-state index contributed by atoms with van der Waals surface area (Å²) < 4.78 is 7.34. The van der Waals surface area contributed by atoms with Crippen molar-refractivity contribution in [1.29, 1.82) is 0 Å². The molecule has 0 unspecified atom stereocenters. The van der Waals surface area contributed by atoms with E-state index in [1.807, 2.05) is 25.4 Å². The first-order chi connectivity index (χ1) is 7.70. The van der Waals surface area contributed by atoms with Crippen LogP contribution in [-0.2, 0) is 13.6 Å². The van der Waals surface area contributed by atoms with Crippen molar-refractivity contribution in [3.8, 4) is 11.8 Å². The molecule has 0 aliphatic heterocycles. The molecular weight excluding hydrogens is 226 g/mol. The van der Waals surface area contributed by atoms with Crippen LogP contribution >= 0.6 is 11.6 Å². The highest BCUT2D eigenvalue weighted by Gasteiger charge is 2.05. The number of rotatable bonds is 3. The quantitative estimate of drug-likeness (QED) is 0.892. The summed E-state index contributed by atoms with van der Waals surface area (Å²) in [7, 11) is 1.86. The van der Waals surface area contributed by atoms with Crippen LogP contribution in [0, 0.1) is 0 Å². The summed E-state index contributed by atoms with van der Waals surface area (Å²) in [5.74, 6) is 0.650. The Balaban J connectivity index is 2.23. The number of aryl methyl sites for hydroxylation is 1. The SMILES string of the molecule is Cn1ccnc1Oc1ccc(CN)c(Cl)c1. The zero-order valence-electron chi connectivity index (χ0n) is 8.85. The minimum absolute atomic E-state index is 0.418. The zero-order chi connectivity index (χ0) is 11.5. The van der Waals surface area contributed by atoms with Crippen molar-refractivity contribution in [1.82, 2.24) is 9.55 Å². The van der Waals surface area contributed by atoms with E-state index in [4.69, 9.17) is 22.1 Å². The molecule has 0 fully saturated rings. The van der Waals surface area contributed by atoms with Gasteiger partial charge in [0.05, 0.1) is 0 Å². The van der Waals surface area contributed by atoms with E-state index in [1.165, 1.54) is 0 Å².